The molecule has 4 rings (SSSR count). The van der Waals surface area contributed by atoms with E-state index in [2.05, 4.69) is 4.98 Å². The van der Waals surface area contributed by atoms with E-state index in [0.717, 1.165) is 4.90 Å². The zero-order valence-electron chi connectivity index (χ0n) is 16.2. The number of rotatable bonds is 2. The van der Waals surface area contributed by atoms with Crippen molar-refractivity contribution in [1.82, 2.24) is 4.98 Å². The van der Waals surface area contributed by atoms with Gasteiger partial charge in [0.1, 0.15) is 5.52 Å². The van der Waals surface area contributed by atoms with Crippen LogP contribution in [0.2, 0.25) is 0 Å². The van der Waals surface area contributed by atoms with Gasteiger partial charge in [0, 0.05) is 0 Å². The van der Waals surface area contributed by atoms with Gasteiger partial charge in [-0.2, -0.15) is 13.2 Å². The third-order valence-electron chi connectivity index (χ3n) is 6.80. The summed E-state index contributed by atoms with van der Waals surface area (Å²) in [5, 5.41) is 11.1. The number of imide groups is 1. The molecule has 1 aliphatic heterocycles. The Balaban J connectivity index is 0.00000256. The predicted octanol–water partition coefficient (Wildman–Crippen LogP) is 4.55. The van der Waals surface area contributed by atoms with Crippen LogP contribution in [0, 0.1) is 17.3 Å². The third kappa shape index (κ3) is 2.78. The lowest BCUT2D eigenvalue weighted by molar-refractivity contribution is -0.156. The van der Waals surface area contributed by atoms with Gasteiger partial charge < -0.3 is 9.52 Å². The number of halogens is 3. The normalized spacial score (nSPS) is 31.8. The lowest BCUT2D eigenvalue weighted by atomic mass is 9.56. The summed E-state index contributed by atoms with van der Waals surface area (Å²) in [5.41, 5.74) is -2.94. The van der Waals surface area contributed by atoms with Crippen LogP contribution >= 0.6 is 0 Å². The third-order valence-corrected chi connectivity index (χ3v) is 6.80. The van der Waals surface area contributed by atoms with E-state index in [1.165, 1.54) is 18.2 Å². The van der Waals surface area contributed by atoms with E-state index >= 15 is 0 Å². The molecule has 0 spiro atoms. The number of hydrogen-bond donors (Lipinski definition) is 1. The molecule has 2 heterocycles. The smallest absolute Gasteiger partial charge is 0.433 e. The second-order valence-electron chi connectivity index (χ2n) is 8.23. The molecule has 9 heteroatoms. The molecule has 2 aliphatic rings. The molecule has 6 nitrogen and oxygen atoms in total. The number of nitrogens with zero attached hydrogens (tertiary/aromatic N) is 2. The number of oxazole rings is 1. The summed E-state index contributed by atoms with van der Waals surface area (Å²) < 4.78 is 44.0. The van der Waals surface area contributed by atoms with Crippen LogP contribution in [-0.2, 0) is 15.8 Å². The Morgan fingerprint density at radius 2 is 2.00 bits per heavy atom. The average molecular weight is 426 g/mol. The minimum Gasteiger partial charge on any atom is -0.433 e. The van der Waals surface area contributed by atoms with Crippen molar-refractivity contribution in [1.29, 1.82) is 0 Å². The van der Waals surface area contributed by atoms with Crippen molar-refractivity contribution in [3.05, 3.63) is 24.1 Å². The number of amides is 2. The van der Waals surface area contributed by atoms with Crippen molar-refractivity contribution >= 4 is 28.6 Å². The molecule has 1 N–H and O–H groups in total. The highest BCUT2D eigenvalue weighted by Crippen LogP contribution is 2.57. The minimum absolute atomic E-state index is 0. The van der Waals surface area contributed by atoms with E-state index in [-0.39, 0.29) is 30.1 Å². The maximum atomic E-state index is 13.4. The summed E-state index contributed by atoms with van der Waals surface area (Å²) >= 11 is 0. The molecule has 2 amide bonds. The average Bonchev–Trinajstić information content (AvgIpc) is 3.18. The Hall–Kier alpha value is -2.42. The van der Waals surface area contributed by atoms with Crippen molar-refractivity contribution in [3.8, 4) is 0 Å². The highest BCUT2D eigenvalue weighted by atomic mass is 19.4. The number of benzene rings is 1. The SMILES string of the molecule is C.CCC1(O)CCC(C)[C@@]2(C)C(=O)N(c3cccc4oc(C(F)(F)F)nc34)C(=O)C12. The summed E-state index contributed by atoms with van der Waals surface area (Å²) in [6.07, 6.45) is -3.56. The Morgan fingerprint density at radius 1 is 1.33 bits per heavy atom. The van der Waals surface area contributed by atoms with Crippen LogP contribution in [-0.4, -0.2) is 27.5 Å². The number of aromatic nitrogens is 1. The van der Waals surface area contributed by atoms with Crippen LogP contribution in [0.1, 0.15) is 53.4 Å². The van der Waals surface area contributed by atoms with E-state index in [1.54, 1.807) is 13.8 Å². The van der Waals surface area contributed by atoms with Crippen molar-refractivity contribution in [2.75, 3.05) is 4.90 Å². The molecule has 0 radical (unpaired) electrons. The van der Waals surface area contributed by atoms with E-state index in [4.69, 9.17) is 4.42 Å². The van der Waals surface area contributed by atoms with Crippen molar-refractivity contribution in [2.24, 2.45) is 17.3 Å². The molecule has 30 heavy (non-hydrogen) atoms. The fourth-order valence-corrected chi connectivity index (χ4v) is 4.89. The molecule has 1 aliphatic carbocycles. The van der Waals surface area contributed by atoms with Crippen LogP contribution in [0.25, 0.3) is 11.1 Å². The summed E-state index contributed by atoms with van der Waals surface area (Å²) in [4.78, 5) is 31.2. The van der Waals surface area contributed by atoms with Crippen molar-refractivity contribution in [2.45, 2.75) is 59.2 Å². The number of alkyl halides is 3. The standard InChI is InChI=1S/C20H21F3N2O4.CH4/c1-4-19(28)9-8-10(2)18(3)14(19)15(26)25(17(18)27)11-6-5-7-12-13(11)24-16(29-12)20(21,22)23;/h5-7,10,14,28H,4,8-9H2,1-3H3;1H4/t10?,14?,18-,19?;/m1./s1. The van der Waals surface area contributed by atoms with E-state index < -0.39 is 40.8 Å². The van der Waals surface area contributed by atoms with Gasteiger partial charge in [-0.25, -0.2) is 9.88 Å². The summed E-state index contributed by atoms with van der Waals surface area (Å²) in [7, 11) is 0. The van der Waals surface area contributed by atoms with Gasteiger partial charge >= 0.3 is 12.1 Å². The van der Waals surface area contributed by atoms with Gasteiger partial charge in [0.15, 0.2) is 5.58 Å². The first-order chi connectivity index (χ1) is 13.4. The first-order valence-corrected chi connectivity index (χ1v) is 9.52. The largest absolute Gasteiger partial charge is 0.468 e. The Morgan fingerprint density at radius 3 is 2.60 bits per heavy atom. The van der Waals surface area contributed by atoms with E-state index in [1.807, 2.05) is 6.92 Å². The number of carbonyl (C=O) groups excluding carboxylic acids is 2. The molecule has 164 valence electrons. The molecule has 1 saturated carbocycles. The Bertz CT molecular complexity index is 1020. The lowest BCUT2D eigenvalue weighted by Crippen LogP contribution is -2.54. The lowest BCUT2D eigenvalue weighted by Gasteiger charge is -2.47. The van der Waals surface area contributed by atoms with Crippen LogP contribution in [0.4, 0.5) is 18.9 Å². The second-order valence-corrected chi connectivity index (χ2v) is 8.23. The molecular formula is C21H25F3N2O4. The highest BCUT2D eigenvalue weighted by molar-refractivity contribution is 6.26. The molecule has 4 atom stereocenters. The zero-order chi connectivity index (χ0) is 21.4. The Labute approximate surface area is 172 Å². The van der Waals surface area contributed by atoms with Crippen LogP contribution in [0.3, 0.4) is 0 Å². The van der Waals surface area contributed by atoms with Crippen molar-refractivity contribution < 1.29 is 32.3 Å². The first-order valence-electron chi connectivity index (χ1n) is 9.52. The molecule has 1 aromatic carbocycles. The van der Waals surface area contributed by atoms with Gasteiger partial charge in [-0.05, 0) is 44.2 Å². The van der Waals surface area contributed by atoms with E-state index in [0.29, 0.717) is 19.3 Å². The number of fused-ring (bicyclic) bond motifs is 2. The quantitative estimate of drug-likeness (QED) is 0.713. The summed E-state index contributed by atoms with van der Waals surface area (Å²) in [6, 6.07) is 4.08. The van der Waals surface area contributed by atoms with Gasteiger partial charge in [0.05, 0.1) is 22.6 Å². The first kappa shape index (κ1) is 22.3. The number of hydrogen-bond acceptors (Lipinski definition) is 5. The van der Waals surface area contributed by atoms with Gasteiger partial charge in [0.25, 0.3) is 0 Å². The highest BCUT2D eigenvalue weighted by Gasteiger charge is 2.67. The minimum atomic E-state index is -4.80. The van der Waals surface area contributed by atoms with Gasteiger partial charge in [-0.1, -0.05) is 27.3 Å². The number of para-hydroxylation sites is 1. The van der Waals surface area contributed by atoms with Gasteiger partial charge in [-0.15, -0.1) is 0 Å². The van der Waals surface area contributed by atoms with Crippen LogP contribution in [0.15, 0.2) is 22.6 Å². The monoisotopic (exact) mass is 426 g/mol. The second kappa shape index (κ2) is 6.80. The number of anilines is 1. The van der Waals surface area contributed by atoms with Crippen LogP contribution < -0.4 is 4.90 Å². The molecular weight excluding hydrogens is 401 g/mol. The fraction of sp³-hybridized carbons (Fsp3) is 0.571. The maximum Gasteiger partial charge on any atom is 0.468 e. The molecule has 0 bridgehead atoms. The number of carbonyl (C=O) groups is 2. The molecule has 1 saturated heterocycles. The summed E-state index contributed by atoms with van der Waals surface area (Å²) in [6.45, 7) is 5.27. The van der Waals surface area contributed by atoms with Gasteiger partial charge in [-0.3, -0.25) is 9.59 Å². The topological polar surface area (TPSA) is 83.6 Å². The molecule has 1 aromatic heterocycles. The molecule has 3 unspecified atom stereocenters. The fourth-order valence-electron chi connectivity index (χ4n) is 4.89. The predicted molar refractivity (Wildman–Crippen MR) is 103 cm³/mol. The molecule has 2 fully saturated rings. The summed E-state index contributed by atoms with van der Waals surface area (Å²) in [5.74, 6) is -3.74. The number of aliphatic hydroxyl groups is 1. The molecule has 2 aromatic rings. The van der Waals surface area contributed by atoms with Gasteiger partial charge in [0.2, 0.25) is 11.8 Å². The van der Waals surface area contributed by atoms with Crippen LogP contribution in [0.5, 0.6) is 0 Å². The Kier molecular flexibility index (Phi) is 5.05. The zero-order valence-corrected chi connectivity index (χ0v) is 16.2. The van der Waals surface area contributed by atoms with Crippen molar-refractivity contribution in [3.63, 3.8) is 0 Å². The maximum absolute atomic E-state index is 13.4. The van der Waals surface area contributed by atoms with E-state index in [9.17, 15) is 27.9 Å².